The molecule has 1 aromatic heterocycles. The van der Waals surface area contributed by atoms with Crippen molar-refractivity contribution in [3.8, 4) is 6.07 Å². The lowest BCUT2D eigenvalue weighted by molar-refractivity contribution is -0.380. The monoisotopic (exact) mass is 351 g/mol. The molecule has 0 atom stereocenters. The quantitative estimate of drug-likeness (QED) is 0.292. The average Bonchev–Trinajstić information content (AvgIpc) is 3.02. The Morgan fingerprint density at radius 1 is 1.46 bits per heavy atom. The minimum atomic E-state index is -0.498. The van der Waals surface area contributed by atoms with Crippen molar-refractivity contribution >= 4 is 34.3 Å². The third kappa shape index (κ3) is 6.58. The molecule has 0 aliphatic heterocycles. The number of thiophene rings is 1. The fraction of sp³-hybridized carbons (Fsp3) is 0.400. The van der Waals surface area contributed by atoms with Gasteiger partial charge in [0, 0.05) is 30.1 Å². The Morgan fingerprint density at radius 3 is 2.79 bits per heavy atom. The largest absolute Gasteiger partial charge is 0.466 e. The maximum Gasteiger partial charge on any atom is 0.324 e. The molecule has 1 rings (SSSR count). The van der Waals surface area contributed by atoms with E-state index in [9.17, 15) is 19.7 Å². The molecule has 24 heavy (non-hydrogen) atoms. The first-order valence-electron chi connectivity index (χ1n) is 7.21. The molecule has 1 aromatic rings. The molecule has 0 saturated carbocycles. The van der Waals surface area contributed by atoms with Crippen LogP contribution in [0, 0.1) is 21.4 Å². The lowest BCUT2D eigenvalue weighted by Crippen LogP contribution is -2.32. The van der Waals surface area contributed by atoms with Crippen molar-refractivity contribution in [1.29, 1.82) is 5.26 Å². The van der Waals surface area contributed by atoms with Crippen LogP contribution in [0.25, 0.3) is 6.08 Å². The molecule has 0 spiro atoms. The number of esters is 1. The molecule has 0 unspecified atom stereocenters. The van der Waals surface area contributed by atoms with Crippen LogP contribution < -0.4 is 0 Å². The molecule has 9 heteroatoms. The highest BCUT2D eigenvalue weighted by Gasteiger charge is 2.14. The van der Waals surface area contributed by atoms with E-state index < -0.39 is 10.9 Å². The van der Waals surface area contributed by atoms with Gasteiger partial charge in [-0.15, -0.1) is 0 Å². The smallest absolute Gasteiger partial charge is 0.324 e. The molecule has 0 fully saturated rings. The highest BCUT2D eigenvalue weighted by atomic mass is 32.1. The maximum atomic E-state index is 12.2. The number of hydrogen-bond donors (Lipinski definition) is 0. The fourth-order valence-corrected chi connectivity index (χ4v) is 2.49. The molecule has 1 amide bonds. The minimum absolute atomic E-state index is 0.00857. The van der Waals surface area contributed by atoms with E-state index in [1.165, 1.54) is 23.1 Å². The van der Waals surface area contributed by atoms with Crippen molar-refractivity contribution in [2.75, 3.05) is 19.7 Å². The number of amides is 1. The molecule has 0 aromatic carbocycles. The molecular formula is C15H17N3O5S. The third-order valence-corrected chi connectivity index (χ3v) is 3.88. The summed E-state index contributed by atoms with van der Waals surface area (Å²) in [6, 6.07) is 4.86. The van der Waals surface area contributed by atoms with Crippen LogP contribution in [-0.2, 0) is 14.3 Å². The predicted molar refractivity (Wildman–Crippen MR) is 88.1 cm³/mol. The van der Waals surface area contributed by atoms with E-state index in [0.717, 1.165) is 11.3 Å². The normalized spacial score (nSPS) is 10.3. The standard InChI is InChI=1S/C15H17N3O5S/c1-2-23-15(20)8-11-17(10-3-9-16)13(19)6-4-12-5-7-14(24-12)18(21)22/h4-7H,2-3,8,10-11H2,1H3/b6-4+. The summed E-state index contributed by atoms with van der Waals surface area (Å²) in [6.45, 7) is 2.30. The first-order chi connectivity index (χ1) is 11.5. The van der Waals surface area contributed by atoms with Gasteiger partial charge < -0.3 is 9.64 Å². The summed E-state index contributed by atoms with van der Waals surface area (Å²) in [5, 5.41) is 19.3. The van der Waals surface area contributed by atoms with Crippen LogP contribution in [0.3, 0.4) is 0 Å². The van der Waals surface area contributed by atoms with E-state index in [-0.39, 0.29) is 43.4 Å². The topological polar surface area (TPSA) is 114 Å². The number of nitrogens with zero attached hydrogens (tertiary/aromatic N) is 3. The Hall–Kier alpha value is -2.73. The van der Waals surface area contributed by atoms with Crippen molar-refractivity contribution in [2.45, 2.75) is 19.8 Å². The van der Waals surface area contributed by atoms with Crippen LogP contribution in [0.15, 0.2) is 18.2 Å². The van der Waals surface area contributed by atoms with Gasteiger partial charge in [0.25, 0.3) is 0 Å². The summed E-state index contributed by atoms with van der Waals surface area (Å²) >= 11 is 0.954. The van der Waals surface area contributed by atoms with Gasteiger partial charge in [0.15, 0.2) is 0 Å². The van der Waals surface area contributed by atoms with Crippen LogP contribution in [0.5, 0.6) is 0 Å². The van der Waals surface area contributed by atoms with Crippen LogP contribution in [0.1, 0.15) is 24.6 Å². The fourth-order valence-electron chi connectivity index (χ4n) is 1.77. The maximum absolute atomic E-state index is 12.2. The Bertz CT molecular complexity index is 662. The lowest BCUT2D eigenvalue weighted by atomic mass is 10.3. The Balaban J connectivity index is 2.68. The first kappa shape index (κ1) is 19.3. The van der Waals surface area contributed by atoms with E-state index in [1.807, 2.05) is 6.07 Å². The zero-order chi connectivity index (χ0) is 17.9. The SMILES string of the molecule is CCOC(=O)CCN(CCC#N)C(=O)/C=C/c1ccc([N+](=O)[O-])s1. The number of nitro groups is 1. The van der Waals surface area contributed by atoms with Crippen molar-refractivity contribution in [3.05, 3.63) is 33.2 Å². The highest BCUT2D eigenvalue weighted by Crippen LogP contribution is 2.24. The number of carbonyl (C=O) groups excluding carboxylic acids is 2. The predicted octanol–water partition coefficient (Wildman–Crippen LogP) is 2.36. The van der Waals surface area contributed by atoms with E-state index in [4.69, 9.17) is 10.00 Å². The second-order valence-corrected chi connectivity index (χ2v) is 5.65. The van der Waals surface area contributed by atoms with E-state index in [2.05, 4.69) is 0 Å². The second kappa shape index (κ2) is 10.1. The van der Waals surface area contributed by atoms with Crippen molar-refractivity contribution < 1.29 is 19.2 Å². The van der Waals surface area contributed by atoms with Crippen LogP contribution in [0.2, 0.25) is 0 Å². The molecule has 0 saturated heterocycles. The van der Waals surface area contributed by atoms with E-state index in [1.54, 1.807) is 13.0 Å². The summed E-state index contributed by atoms with van der Waals surface area (Å²) in [6.07, 6.45) is 2.94. The van der Waals surface area contributed by atoms with Gasteiger partial charge in [-0.25, -0.2) is 0 Å². The van der Waals surface area contributed by atoms with Gasteiger partial charge in [0.1, 0.15) is 0 Å². The van der Waals surface area contributed by atoms with Crippen molar-refractivity contribution in [3.63, 3.8) is 0 Å². The molecule has 8 nitrogen and oxygen atoms in total. The van der Waals surface area contributed by atoms with Gasteiger partial charge in [-0.2, -0.15) is 5.26 Å². The van der Waals surface area contributed by atoms with Crippen LogP contribution in [0.4, 0.5) is 5.00 Å². The average molecular weight is 351 g/mol. The number of rotatable bonds is 9. The summed E-state index contributed by atoms with van der Waals surface area (Å²) in [4.78, 5) is 35.6. The Labute approximate surface area is 143 Å². The second-order valence-electron chi connectivity index (χ2n) is 4.55. The van der Waals surface area contributed by atoms with Gasteiger partial charge in [-0.05, 0) is 19.1 Å². The van der Waals surface area contributed by atoms with Crippen LogP contribution >= 0.6 is 11.3 Å². The number of carbonyl (C=O) groups is 2. The van der Waals surface area contributed by atoms with Gasteiger partial charge >= 0.3 is 11.0 Å². The molecule has 0 aliphatic carbocycles. The van der Waals surface area contributed by atoms with Crippen molar-refractivity contribution in [2.24, 2.45) is 0 Å². The molecular weight excluding hydrogens is 334 g/mol. The zero-order valence-electron chi connectivity index (χ0n) is 13.1. The summed E-state index contributed by atoms with van der Waals surface area (Å²) in [7, 11) is 0. The molecule has 0 radical (unpaired) electrons. The van der Waals surface area contributed by atoms with Gasteiger partial charge in [-0.1, -0.05) is 11.3 Å². The molecule has 0 N–H and O–H groups in total. The summed E-state index contributed by atoms with van der Waals surface area (Å²) in [5.41, 5.74) is 0. The first-order valence-corrected chi connectivity index (χ1v) is 8.03. The van der Waals surface area contributed by atoms with E-state index in [0.29, 0.717) is 4.88 Å². The van der Waals surface area contributed by atoms with E-state index >= 15 is 0 Å². The highest BCUT2D eigenvalue weighted by molar-refractivity contribution is 7.16. The van der Waals surface area contributed by atoms with Crippen molar-refractivity contribution in [1.82, 2.24) is 4.90 Å². The molecule has 128 valence electrons. The van der Waals surface area contributed by atoms with Gasteiger partial charge in [0.2, 0.25) is 5.91 Å². The number of hydrogen-bond acceptors (Lipinski definition) is 7. The molecule has 0 bridgehead atoms. The third-order valence-electron chi connectivity index (χ3n) is 2.88. The molecule has 0 aliphatic rings. The number of nitriles is 1. The molecule has 1 heterocycles. The Morgan fingerprint density at radius 2 is 2.21 bits per heavy atom. The lowest BCUT2D eigenvalue weighted by Gasteiger charge is -2.19. The Kier molecular flexibility index (Phi) is 8.15. The summed E-state index contributed by atoms with van der Waals surface area (Å²) < 4.78 is 4.81. The van der Waals surface area contributed by atoms with Gasteiger partial charge in [0.05, 0.1) is 30.4 Å². The van der Waals surface area contributed by atoms with Gasteiger partial charge in [-0.3, -0.25) is 19.7 Å². The van der Waals surface area contributed by atoms with Crippen LogP contribution in [-0.4, -0.2) is 41.4 Å². The minimum Gasteiger partial charge on any atom is -0.466 e. The summed E-state index contributed by atoms with van der Waals surface area (Å²) in [5.74, 6) is -0.782. The number of ether oxygens (including phenoxy) is 1. The zero-order valence-corrected chi connectivity index (χ0v) is 14.0.